The van der Waals surface area contributed by atoms with Crippen LogP contribution in [0.4, 0.5) is 0 Å². The highest BCUT2D eigenvalue weighted by atomic mass is 16.5. The fourth-order valence-corrected chi connectivity index (χ4v) is 1.99. The maximum absolute atomic E-state index is 12.3. The average Bonchev–Trinajstić information content (AvgIpc) is 2.46. The largest absolute Gasteiger partial charge is 0.480 e. The first-order valence-electron chi connectivity index (χ1n) is 6.38. The molecule has 0 aromatic carbocycles. The van der Waals surface area contributed by atoms with Crippen LogP contribution in [-0.2, 0) is 9.53 Å². The Morgan fingerprint density at radius 1 is 1.40 bits per heavy atom. The van der Waals surface area contributed by atoms with E-state index in [1.165, 1.54) is 20.4 Å². The second-order valence-electron chi connectivity index (χ2n) is 4.59. The molecule has 1 atom stereocenters. The number of nitrogens with one attached hydrogen (secondary N) is 1. The molecule has 110 valence electrons. The molecule has 0 fully saturated rings. The Morgan fingerprint density at radius 2 is 2.10 bits per heavy atom. The number of ether oxygens (including phenoxy) is 2. The predicted octanol–water partition coefficient (Wildman–Crippen LogP) is 1.55. The van der Waals surface area contributed by atoms with Crippen LogP contribution in [0.25, 0.3) is 0 Å². The van der Waals surface area contributed by atoms with Crippen molar-refractivity contribution in [2.45, 2.75) is 32.2 Å². The SMILES string of the molecule is CCCC(C)(NC(=O)c1cccnc1OC)C(=O)OC. The van der Waals surface area contributed by atoms with Gasteiger partial charge in [-0.1, -0.05) is 13.3 Å². The van der Waals surface area contributed by atoms with Gasteiger partial charge in [0.15, 0.2) is 0 Å². The molecule has 20 heavy (non-hydrogen) atoms. The summed E-state index contributed by atoms with van der Waals surface area (Å²) < 4.78 is 9.80. The van der Waals surface area contributed by atoms with Gasteiger partial charge in [0.25, 0.3) is 5.91 Å². The summed E-state index contributed by atoms with van der Waals surface area (Å²) in [6, 6.07) is 3.22. The van der Waals surface area contributed by atoms with E-state index in [0.29, 0.717) is 6.42 Å². The Labute approximate surface area is 118 Å². The summed E-state index contributed by atoms with van der Waals surface area (Å²) >= 11 is 0. The number of pyridine rings is 1. The Morgan fingerprint density at radius 3 is 2.65 bits per heavy atom. The number of amides is 1. The maximum atomic E-state index is 12.3. The van der Waals surface area contributed by atoms with E-state index < -0.39 is 17.4 Å². The second kappa shape index (κ2) is 6.88. The van der Waals surface area contributed by atoms with Crippen molar-refractivity contribution in [3.05, 3.63) is 23.9 Å². The van der Waals surface area contributed by atoms with Crippen LogP contribution in [0.1, 0.15) is 37.0 Å². The minimum absolute atomic E-state index is 0.216. The van der Waals surface area contributed by atoms with Gasteiger partial charge in [-0.05, 0) is 25.5 Å². The molecule has 0 radical (unpaired) electrons. The molecule has 1 N–H and O–H groups in total. The van der Waals surface area contributed by atoms with Gasteiger partial charge in [-0.2, -0.15) is 0 Å². The molecule has 0 saturated heterocycles. The lowest BCUT2D eigenvalue weighted by molar-refractivity contribution is -0.147. The molecule has 1 aromatic rings. The third kappa shape index (κ3) is 3.46. The summed E-state index contributed by atoms with van der Waals surface area (Å²) in [5.74, 6) is -0.680. The Hall–Kier alpha value is -2.11. The van der Waals surface area contributed by atoms with E-state index in [1.807, 2.05) is 6.92 Å². The first-order chi connectivity index (χ1) is 9.48. The molecule has 0 spiro atoms. The fraction of sp³-hybridized carbons (Fsp3) is 0.500. The zero-order valence-electron chi connectivity index (χ0n) is 12.2. The van der Waals surface area contributed by atoms with Gasteiger partial charge in [-0.15, -0.1) is 0 Å². The molecule has 6 heteroatoms. The number of methoxy groups -OCH3 is 2. The number of esters is 1. The zero-order valence-corrected chi connectivity index (χ0v) is 12.2. The highest BCUT2D eigenvalue weighted by Crippen LogP contribution is 2.18. The molecule has 1 rings (SSSR count). The van der Waals surface area contributed by atoms with Gasteiger partial charge in [-0.3, -0.25) is 4.79 Å². The highest BCUT2D eigenvalue weighted by molar-refractivity contribution is 5.99. The highest BCUT2D eigenvalue weighted by Gasteiger charge is 2.35. The summed E-state index contributed by atoms with van der Waals surface area (Å²) in [5.41, 5.74) is -0.789. The first kappa shape index (κ1) is 15.9. The third-order valence-electron chi connectivity index (χ3n) is 2.98. The van der Waals surface area contributed by atoms with Crippen LogP contribution in [0, 0.1) is 0 Å². The number of carbonyl (C=O) groups is 2. The molecular formula is C14H20N2O4. The normalized spacial score (nSPS) is 13.2. The van der Waals surface area contributed by atoms with Crippen LogP contribution in [0.5, 0.6) is 5.88 Å². The lowest BCUT2D eigenvalue weighted by Gasteiger charge is -2.27. The van der Waals surface area contributed by atoms with Gasteiger partial charge in [0.2, 0.25) is 5.88 Å². The summed E-state index contributed by atoms with van der Waals surface area (Å²) in [6.07, 6.45) is 2.74. The van der Waals surface area contributed by atoms with Gasteiger partial charge in [0, 0.05) is 6.20 Å². The molecule has 1 unspecified atom stereocenters. The number of hydrogen-bond acceptors (Lipinski definition) is 5. The molecule has 6 nitrogen and oxygen atoms in total. The van der Waals surface area contributed by atoms with Crippen LogP contribution in [0.3, 0.4) is 0 Å². The predicted molar refractivity (Wildman–Crippen MR) is 73.6 cm³/mol. The molecule has 0 aliphatic carbocycles. The van der Waals surface area contributed by atoms with Gasteiger partial charge < -0.3 is 14.8 Å². The molecule has 0 bridgehead atoms. The van der Waals surface area contributed by atoms with Gasteiger partial charge in [-0.25, -0.2) is 9.78 Å². The van der Waals surface area contributed by atoms with Crippen molar-refractivity contribution in [3.63, 3.8) is 0 Å². The summed E-state index contributed by atoms with van der Waals surface area (Å²) in [4.78, 5) is 28.1. The van der Waals surface area contributed by atoms with E-state index >= 15 is 0 Å². The molecule has 0 aliphatic heterocycles. The van der Waals surface area contributed by atoms with Crippen molar-refractivity contribution < 1.29 is 19.1 Å². The minimum atomic E-state index is -1.07. The summed E-state index contributed by atoms with van der Waals surface area (Å²) in [6.45, 7) is 3.57. The smallest absolute Gasteiger partial charge is 0.331 e. The van der Waals surface area contributed by atoms with Gasteiger partial charge in [0.05, 0.1) is 14.2 Å². The van der Waals surface area contributed by atoms with Crippen molar-refractivity contribution >= 4 is 11.9 Å². The average molecular weight is 280 g/mol. The van der Waals surface area contributed by atoms with E-state index in [0.717, 1.165) is 6.42 Å². The van der Waals surface area contributed by atoms with Crippen LogP contribution in [0.2, 0.25) is 0 Å². The summed E-state index contributed by atoms with van der Waals surface area (Å²) in [7, 11) is 2.73. The molecule has 1 aromatic heterocycles. The standard InChI is InChI=1S/C14H20N2O4/c1-5-8-14(2,13(18)20-4)16-11(17)10-7-6-9-15-12(10)19-3/h6-7,9H,5,8H2,1-4H3,(H,16,17). The van der Waals surface area contributed by atoms with Crippen molar-refractivity contribution in [1.29, 1.82) is 0 Å². The van der Waals surface area contributed by atoms with Crippen molar-refractivity contribution in [2.75, 3.05) is 14.2 Å². The number of carbonyl (C=O) groups excluding carboxylic acids is 2. The Kier molecular flexibility index (Phi) is 5.49. The Balaban J connectivity index is 2.99. The zero-order chi connectivity index (χ0) is 15.2. The topological polar surface area (TPSA) is 77.5 Å². The van der Waals surface area contributed by atoms with E-state index in [9.17, 15) is 9.59 Å². The van der Waals surface area contributed by atoms with Gasteiger partial charge in [0.1, 0.15) is 11.1 Å². The fourth-order valence-electron chi connectivity index (χ4n) is 1.99. The first-order valence-corrected chi connectivity index (χ1v) is 6.38. The van der Waals surface area contributed by atoms with E-state index in [4.69, 9.17) is 9.47 Å². The number of rotatable bonds is 6. The van der Waals surface area contributed by atoms with Crippen LogP contribution >= 0.6 is 0 Å². The lowest BCUT2D eigenvalue weighted by atomic mass is 9.95. The molecule has 0 aliphatic rings. The molecule has 1 heterocycles. The van der Waals surface area contributed by atoms with Gasteiger partial charge >= 0.3 is 5.97 Å². The third-order valence-corrected chi connectivity index (χ3v) is 2.98. The van der Waals surface area contributed by atoms with Crippen LogP contribution < -0.4 is 10.1 Å². The lowest BCUT2D eigenvalue weighted by Crippen LogP contribution is -2.52. The van der Waals surface area contributed by atoms with E-state index in [2.05, 4.69) is 10.3 Å². The minimum Gasteiger partial charge on any atom is -0.480 e. The van der Waals surface area contributed by atoms with E-state index in [-0.39, 0.29) is 11.4 Å². The molecule has 0 saturated carbocycles. The second-order valence-corrected chi connectivity index (χ2v) is 4.59. The molecule has 1 amide bonds. The van der Waals surface area contributed by atoms with Crippen molar-refractivity contribution in [3.8, 4) is 5.88 Å². The number of hydrogen-bond donors (Lipinski definition) is 1. The molecular weight excluding hydrogens is 260 g/mol. The Bertz CT molecular complexity index is 490. The van der Waals surface area contributed by atoms with Crippen LogP contribution in [-0.4, -0.2) is 36.6 Å². The van der Waals surface area contributed by atoms with Crippen molar-refractivity contribution in [1.82, 2.24) is 10.3 Å². The monoisotopic (exact) mass is 280 g/mol. The number of aromatic nitrogens is 1. The summed E-state index contributed by atoms with van der Waals surface area (Å²) in [5, 5.41) is 2.70. The quantitative estimate of drug-likeness (QED) is 0.800. The number of nitrogens with zero attached hydrogens (tertiary/aromatic N) is 1. The van der Waals surface area contributed by atoms with Crippen LogP contribution in [0.15, 0.2) is 18.3 Å². The van der Waals surface area contributed by atoms with E-state index in [1.54, 1.807) is 19.1 Å². The van der Waals surface area contributed by atoms with Crippen molar-refractivity contribution in [2.24, 2.45) is 0 Å². The maximum Gasteiger partial charge on any atom is 0.331 e.